The number of halogens is 1. The van der Waals surface area contributed by atoms with Crippen LogP contribution in [0.25, 0.3) is 0 Å². The molecule has 6 heteroatoms. The Balaban J connectivity index is 1.30. The van der Waals surface area contributed by atoms with Gasteiger partial charge in [0.2, 0.25) is 5.91 Å². The smallest absolute Gasteiger partial charge is 0.224 e. The maximum Gasteiger partial charge on any atom is 0.224 e. The highest BCUT2D eigenvalue weighted by atomic mass is 19.1. The van der Waals surface area contributed by atoms with E-state index in [2.05, 4.69) is 10.2 Å². The quantitative estimate of drug-likeness (QED) is 0.851. The van der Waals surface area contributed by atoms with E-state index < -0.39 is 6.10 Å². The molecule has 4 rings (SSSR count). The second-order valence-electron chi connectivity index (χ2n) is 8.15. The van der Waals surface area contributed by atoms with Gasteiger partial charge in [0.25, 0.3) is 0 Å². The standard InChI is InChI=1S/C20H27FN2O3/c1-20(14-4-2-3-5-16(14)21)10-15(20)19(25)22-13-6-8-23(9-7-13)17-11-26-12-18(17)24/h2-5,13,15,17-18,24H,6-12H2,1H3,(H,22,25)/t15-,17+,18+,20+/m0/s1. The van der Waals surface area contributed by atoms with Gasteiger partial charge in [0.15, 0.2) is 0 Å². The largest absolute Gasteiger partial charge is 0.389 e. The zero-order valence-electron chi connectivity index (χ0n) is 15.2. The monoisotopic (exact) mass is 362 g/mol. The van der Waals surface area contributed by atoms with E-state index in [-0.39, 0.29) is 35.1 Å². The minimum Gasteiger partial charge on any atom is -0.389 e. The van der Waals surface area contributed by atoms with Crippen LogP contribution in [0, 0.1) is 11.7 Å². The molecule has 0 bridgehead atoms. The number of likely N-dealkylation sites (tertiary alicyclic amines) is 1. The molecule has 0 unspecified atom stereocenters. The lowest BCUT2D eigenvalue weighted by atomic mass is 9.94. The zero-order valence-corrected chi connectivity index (χ0v) is 15.2. The van der Waals surface area contributed by atoms with E-state index in [4.69, 9.17) is 4.74 Å². The molecule has 1 aromatic rings. The fraction of sp³-hybridized carbons (Fsp3) is 0.650. The van der Waals surface area contributed by atoms with Crippen molar-refractivity contribution in [3.8, 4) is 0 Å². The molecular weight excluding hydrogens is 335 g/mol. The van der Waals surface area contributed by atoms with Crippen molar-refractivity contribution < 1.29 is 19.0 Å². The molecule has 1 aliphatic carbocycles. The Hall–Kier alpha value is -1.50. The third-order valence-electron chi connectivity index (χ3n) is 6.41. The third-order valence-corrected chi connectivity index (χ3v) is 6.41. The summed E-state index contributed by atoms with van der Waals surface area (Å²) in [4.78, 5) is 14.9. The molecule has 3 fully saturated rings. The highest BCUT2D eigenvalue weighted by Crippen LogP contribution is 2.54. The van der Waals surface area contributed by atoms with Crippen molar-refractivity contribution in [2.24, 2.45) is 5.92 Å². The minimum absolute atomic E-state index is 0.0402. The van der Waals surface area contributed by atoms with Gasteiger partial charge < -0.3 is 15.2 Å². The lowest BCUT2D eigenvalue weighted by Gasteiger charge is -2.36. The molecule has 142 valence electrons. The lowest BCUT2D eigenvalue weighted by Crippen LogP contribution is -2.51. The number of piperidine rings is 1. The van der Waals surface area contributed by atoms with Crippen LogP contribution in [0.3, 0.4) is 0 Å². The van der Waals surface area contributed by atoms with Gasteiger partial charge in [0.05, 0.1) is 25.4 Å². The molecule has 5 nitrogen and oxygen atoms in total. The topological polar surface area (TPSA) is 61.8 Å². The number of nitrogens with zero attached hydrogens (tertiary/aromatic N) is 1. The van der Waals surface area contributed by atoms with E-state index >= 15 is 0 Å². The van der Waals surface area contributed by atoms with Gasteiger partial charge >= 0.3 is 0 Å². The molecule has 2 saturated heterocycles. The summed E-state index contributed by atoms with van der Waals surface area (Å²) in [6, 6.07) is 7.00. The first kappa shape index (κ1) is 17.9. The van der Waals surface area contributed by atoms with Crippen LogP contribution in [0.1, 0.15) is 31.7 Å². The van der Waals surface area contributed by atoms with Crippen LogP contribution in [0.5, 0.6) is 0 Å². The molecule has 0 radical (unpaired) electrons. The Morgan fingerprint density at radius 3 is 2.69 bits per heavy atom. The average Bonchev–Trinajstić information content (AvgIpc) is 3.15. The highest BCUT2D eigenvalue weighted by molar-refractivity contribution is 5.84. The van der Waals surface area contributed by atoms with E-state index in [9.17, 15) is 14.3 Å². The summed E-state index contributed by atoms with van der Waals surface area (Å²) in [5.74, 6) is -0.336. The summed E-state index contributed by atoms with van der Waals surface area (Å²) in [6.07, 6.45) is 2.04. The summed E-state index contributed by atoms with van der Waals surface area (Å²) in [5.41, 5.74) is 0.256. The molecule has 0 spiro atoms. The van der Waals surface area contributed by atoms with Crippen LogP contribution in [0.4, 0.5) is 4.39 Å². The number of carbonyl (C=O) groups excluding carboxylic acids is 1. The Bertz CT molecular complexity index is 677. The van der Waals surface area contributed by atoms with Crippen molar-refractivity contribution in [3.63, 3.8) is 0 Å². The van der Waals surface area contributed by atoms with Crippen LogP contribution in [0.15, 0.2) is 24.3 Å². The Morgan fingerprint density at radius 2 is 2.04 bits per heavy atom. The number of hydrogen-bond donors (Lipinski definition) is 2. The van der Waals surface area contributed by atoms with Crippen LogP contribution in [-0.4, -0.2) is 60.4 Å². The first-order chi connectivity index (χ1) is 12.5. The molecular formula is C20H27FN2O3. The normalized spacial score (nSPS) is 35.4. The minimum atomic E-state index is -0.408. The van der Waals surface area contributed by atoms with Gasteiger partial charge in [0, 0.05) is 30.5 Å². The van der Waals surface area contributed by atoms with Crippen LogP contribution in [0.2, 0.25) is 0 Å². The van der Waals surface area contributed by atoms with Crippen molar-refractivity contribution in [1.82, 2.24) is 10.2 Å². The first-order valence-corrected chi connectivity index (χ1v) is 9.54. The third kappa shape index (κ3) is 3.26. The lowest BCUT2D eigenvalue weighted by molar-refractivity contribution is -0.123. The van der Waals surface area contributed by atoms with E-state index in [1.807, 2.05) is 13.0 Å². The van der Waals surface area contributed by atoms with Crippen LogP contribution < -0.4 is 5.32 Å². The van der Waals surface area contributed by atoms with Gasteiger partial charge in [-0.15, -0.1) is 0 Å². The van der Waals surface area contributed by atoms with Crippen molar-refractivity contribution in [3.05, 3.63) is 35.6 Å². The zero-order chi connectivity index (χ0) is 18.3. The SMILES string of the molecule is C[C@]1(c2ccccc2F)C[C@H]1C(=O)NC1CCN([C@@H]2COC[C@H]2O)CC1. The van der Waals surface area contributed by atoms with Gasteiger partial charge in [0.1, 0.15) is 5.82 Å². The Morgan fingerprint density at radius 1 is 1.31 bits per heavy atom. The van der Waals surface area contributed by atoms with Gasteiger partial charge in [-0.05, 0) is 30.9 Å². The molecule has 1 aromatic carbocycles. The molecule has 2 aliphatic heterocycles. The van der Waals surface area contributed by atoms with Gasteiger partial charge in [-0.1, -0.05) is 25.1 Å². The van der Waals surface area contributed by atoms with Crippen molar-refractivity contribution >= 4 is 5.91 Å². The summed E-state index contributed by atoms with van der Waals surface area (Å²) < 4.78 is 19.4. The molecule has 2 N–H and O–H groups in total. The molecule has 26 heavy (non-hydrogen) atoms. The van der Waals surface area contributed by atoms with Crippen molar-refractivity contribution in [2.75, 3.05) is 26.3 Å². The van der Waals surface area contributed by atoms with Crippen LogP contribution in [-0.2, 0) is 14.9 Å². The van der Waals surface area contributed by atoms with E-state index in [0.29, 0.717) is 25.2 Å². The van der Waals surface area contributed by atoms with Crippen LogP contribution >= 0.6 is 0 Å². The maximum absolute atomic E-state index is 14.1. The number of aliphatic hydroxyl groups is 1. The predicted octanol–water partition coefficient (Wildman–Crippen LogP) is 1.44. The molecule has 2 heterocycles. The summed E-state index contributed by atoms with van der Waals surface area (Å²) in [6.45, 7) is 4.68. The number of amides is 1. The highest BCUT2D eigenvalue weighted by Gasteiger charge is 2.56. The van der Waals surface area contributed by atoms with Crippen molar-refractivity contribution in [1.29, 1.82) is 0 Å². The van der Waals surface area contributed by atoms with E-state index in [1.54, 1.807) is 12.1 Å². The van der Waals surface area contributed by atoms with Gasteiger partial charge in [-0.25, -0.2) is 4.39 Å². The van der Waals surface area contributed by atoms with E-state index in [0.717, 1.165) is 25.9 Å². The number of rotatable bonds is 4. The number of carbonyl (C=O) groups is 1. The molecule has 1 amide bonds. The van der Waals surface area contributed by atoms with E-state index in [1.165, 1.54) is 6.07 Å². The Labute approximate surface area is 153 Å². The number of benzene rings is 1. The molecule has 0 aromatic heterocycles. The number of ether oxygens (including phenoxy) is 1. The van der Waals surface area contributed by atoms with Gasteiger partial charge in [-0.3, -0.25) is 9.69 Å². The molecule has 3 aliphatic rings. The summed E-state index contributed by atoms with van der Waals surface area (Å²) in [5, 5.41) is 13.1. The molecule has 1 saturated carbocycles. The fourth-order valence-electron chi connectivity index (χ4n) is 4.53. The number of aliphatic hydroxyl groups excluding tert-OH is 1. The summed E-state index contributed by atoms with van der Waals surface area (Å²) in [7, 11) is 0. The summed E-state index contributed by atoms with van der Waals surface area (Å²) >= 11 is 0. The van der Waals surface area contributed by atoms with Gasteiger partial charge in [-0.2, -0.15) is 0 Å². The molecule has 4 atom stereocenters. The first-order valence-electron chi connectivity index (χ1n) is 9.54. The second kappa shape index (κ2) is 6.91. The average molecular weight is 362 g/mol. The maximum atomic E-state index is 14.1. The predicted molar refractivity (Wildman–Crippen MR) is 95.2 cm³/mol. The second-order valence-corrected chi connectivity index (χ2v) is 8.15. The van der Waals surface area contributed by atoms with Crippen molar-refractivity contribution in [2.45, 2.75) is 49.8 Å². The number of hydrogen-bond acceptors (Lipinski definition) is 4. The number of nitrogens with one attached hydrogen (secondary N) is 1. The fourth-order valence-corrected chi connectivity index (χ4v) is 4.53. The Kier molecular flexibility index (Phi) is 4.75.